The fourth-order valence-electron chi connectivity index (χ4n) is 3.16. The van der Waals surface area contributed by atoms with Crippen LogP contribution in [0.2, 0.25) is 5.02 Å². The number of thioether (sulfide) groups is 1. The van der Waals surface area contributed by atoms with E-state index in [0.717, 1.165) is 16.8 Å². The van der Waals surface area contributed by atoms with Crippen LogP contribution in [0, 0.1) is 13.8 Å². The van der Waals surface area contributed by atoms with E-state index in [4.69, 9.17) is 11.6 Å². The minimum atomic E-state index is -0.186. The van der Waals surface area contributed by atoms with Crippen LogP contribution in [-0.2, 0) is 4.79 Å². The molecule has 0 saturated heterocycles. The van der Waals surface area contributed by atoms with Crippen molar-refractivity contribution in [3.63, 3.8) is 0 Å². The highest BCUT2D eigenvalue weighted by atomic mass is 35.5. The molecular weight excluding hydrogens is 438 g/mol. The molecular formula is C22H18ClN3O2S2. The highest BCUT2D eigenvalue weighted by molar-refractivity contribution is 7.99. The number of hydrogen-bond acceptors (Lipinski definition) is 5. The molecule has 0 aliphatic rings. The number of benzene rings is 2. The molecule has 8 heteroatoms. The van der Waals surface area contributed by atoms with E-state index in [0.29, 0.717) is 26.1 Å². The summed E-state index contributed by atoms with van der Waals surface area (Å²) >= 11 is 8.49. The Hall–Kier alpha value is -2.61. The van der Waals surface area contributed by atoms with Gasteiger partial charge in [0.15, 0.2) is 5.16 Å². The van der Waals surface area contributed by atoms with E-state index in [2.05, 4.69) is 16.4 Å². The molecule has 2 aromatic heterocycles. The number of carbonyl (C=O) groups is 1. The van der Waals surface area contributed by atoms with E-state index in [1.165, 1.54) is 23.1 Å². The Labute approximate surface area is 186 Å². The summed E-state index contributed by atoms with van der Waals surface area (Å²) in [7, 11) is 0. The molecule has 0 aliphatic carbocycles. The van der Waals surface area contributed by atoms with E-state index in [1.807, 2.05) is 37.4 Å². The van der Waals surface area contributed by atoms with Gasteiger partial charge in [-0.3, -0.25) is 14.2 Å². The van der Waals surface area contributed by atoms with Crippen LogP contribution < -0.4 is 10.9 Å². The summed E-state index contributed by atoms with van der Waals surface area (Å²) in [5, 5.41) is 5.78. The average Bonchev–Trinajstić information content (AvgIpc) is 3.16. The number of anilines is 1. The Bertz CT molecular complexity index is 1280. The smallest absolute Gasteiger partial charge is 0.276 e. The number of halogens is 1. The maximum Gasteiger partial charge on any atom is 0.276 e. The highest BCUT2D eigenvalue weighted by Crippen LogP contribution is 2.25. The molecule has 0 spiro atoms. The van der Waals surface area contributed by atoms with Crippen molar-refractivity contribution in [3.05, 3.63) is 80.4 Å². The lowest BCUT2D eigenvalue weighted by atomic mass is 10.1. The number of hydrogen-bond donors (Lipinski definition) is 1. The largest absolute Gasteiger partial charge is 0.325 e. The normalized spacial score (nSPS) is 11.0. The topological polar surface area (TPSA) is 64.0 Å². The van der Waals surface area contributed by atoms with Crippen molar-refractivity contribution in [2.24, 2.45) is 0 Å². The molecule has 0 fully saturated rings. The third-order valence-corrected chi connectivity index (χ3v) is 6.46. The van der Waals surface area contributed by atoms with Gasteiger partial charge in [0.25, 0.3) is 5.56 Å². The van der Waals surface area contributed by atoms with E-state index < -0.39 is 0 Å². The average molecular weight is 456 g/mol. The molecule has 0 radical (unpaired) electrons. The first-order valence-corrected chi connectivity index (χ1v) is 11.4. The number of aromatic nitrogens is 2. The number of carbonyl (C=O) groups excluding carboxylic acids is 1. The van der Waals surface area contributed by atoms with Crippen molar-refractivity contribution in [1.82, 2.24) is 9.55 Å². The Morgan fingerprint density at radius 3 is 2.53 bits per heavy atom. The summed E-state index contributed by atoms with van der Waals surface area (Å²) in [5.74, 6) is -0.0656. The molecule has 2 heterocycles. The molecule has 152 valence electrons. The van der Waals surface area contributed by atoms with Crippen LogP contribution in [0.15, 0.2) is 63.9 Å². The van der Waals surface area contributed by atoms with Crippen LogP contribution in [0.1, 0.15) is 11.1 Å². The standard InChI is InChI=1S/C22H18ClN3O2S2/c1-13-9-14(2)11-17(10-13)26-21(28)20-18(7-8-29-20)25-22(26)30-12-19(27)24-16-5-3-15(23)4-6-16/h3-11H,12H2,1-2H3,(H,24,27). The lowest BCUT2D eigenvalue weighted by Gasteiger charge is -2.13. The van der Waals surface area contributed by atoms with Crippen LogP contribution in [0.5, 0.6) is 0 Å². The lowest BCUT2D eigenvalue weighted by Crippen LogP contribution is -2.22. The molecule has 0 aliphatic heterocycles. The minimum absolute atomic E-state index is 0.121. The maximum absolute atomic E-state index is 13.2. The Morgan fingerprint density at radius 2 is 1.83 bits per heavy atom. The SMILES string of the molecule is Cc1cc(C)cc(-n2c(SCC(=O)Nc3ccc(Cl)cc3)nc3ccsc3c2=O)c1. The van der Waals surface area contributed by atoms with Gasteiger partial charge >= 0.3 is 0 Å². The Balaban J connectivity index is 1.66. The van der Waals surface area contributed by atoms with Crippen molar-refractivity contribution in [2.75, 3.05) is 11.1 Å². The first-order valence-electron chi connectivity index (χ1n) is 9.18. The van der Waals surface area contributed by atoms with Crippen molar-refractivity contribution >= 4 is 56.5 Å². The second-order valence-corrected chi connectivity index (χ2v) is 9.15. The van der Waals surface area contributed by atoms with Gasteiger partial charge in [0, 0.05) is 10.7 Å². The summed E-state index contributed by atoms with van der Waals surface area (Å²) in [6.07, 6.45) is 0. The molecule has 0 atom stereocenters. The van der Waals surface area contributed by atoms with Crippen LogP contribution in [-0.4, -0.2) is 21.2 Å². The van der Waals surface area contributed by atoms with Gasteiger partial charge in [-0.25, -0.2) is 4.98 Å². The second kappa shape index (κ2) is 8.63. The summed E-state index contributed by atoms with van der Waals surface area (Å²) in [4.78, 5) is 30.3. The van der Waals surface area contributed by atoms with Gasteiger partial charge in [0.1, 0.15) is 4.70 Å². The van der Waals surface area contributed by atoms with Crippen molar-refractivity contribution in [1.29, 1.82) is 0 Å². The predicted octanol–water partition coefficient (Wildman–Crippen LogP) is 5.45. The molecule has 1 amide bonds. The van der Waals surface area contributed by atoms with E-state index in [-0.39, 0.29) is 17.2 Å². The molecule has 4 aromatic rings. The van der Waals surface area contributed by atoms with Gasteiger partial charge < -0.3 is 5.32 Å². The molecule has 0 saturated carbocycles. The fraction of sp³-hybridized carbons (Fsp3) is 0.136. The number of fused-ring (bicyclic) bond motifs is 1. The summed E-state index contributed by atoms with van der Waals surface area (Å²) in [6.45, 7) is 3.98. The first kappa shape index (κ1) is 20.7. The van der Waals surface area contributed by atoms with Crippen molar-refractivity contribution < 1.29 is 4.79 Å². The zero-order chi connectivity index (χ0) is 21.3. The zero-order valence-electron chi connectivity index (χ0n) is 16.3. The molecule has 0 unspecified atom stereocenters. The molecule has 1 N–H and O–H groups in total. The molecule has 5 nitrogen and oxygen atoms in total. The molecule has 4 rings (SSSR count). The van der Waals surface area contributed by atoms with E-state index in [9.17, 15) is 9.59 Å². The third-order valence-electron chi connectivity index (χ3n) is 4.37. The van der Waals surface area contributed by atoms with Crippen LogP contribution in [0.4, 0.5) is 5.69 Å². The second-order valence-electron chi connectivity index (χ2n) is 6.86. The van der Waals surface area contributed by atoms with Crippen LogP contribution in [0.3, 0.4) is 0 Å². The maximum atomic E-state index is 13.2. The fourth-order valence-corrected chi connectivity index (χ4v) is 4.85. The molecule has 0 bridgehead atoms. The predicted molar refractivity (Wildman–Crippen MR) is 125 cm³/mol. The third kappa shape index (κ3) is 4.43. The van der Waals surface area contributed by atoms with Gasteiger partial charge in [-0.05, 0) is 72.8 Å². The number of nitrogens with zero attached hydrogens (tertiary/aromatic N) is 2. The van der Waals surface area contributed by atoms with Gasteiger partial charge in [-0.2, -0.15) is 0 Å². The van der Waals surface area contributed by atoms with E-state index in [1.54, 1.807) is 28.8 Å². The minimum Gasteiger partial charge on any atom is -0.325 e. The summed E-state index contributed by atoms with van der Waals surface area (Å²) < 4.78 is 2.20. The van der Waals surface area contributed by atoms with Gasteiger partial charge in [-0.1, -0.05) is 29.4 Å². The molecule has 30 heavy (non-hydrogen) atoms. The van der Waals surface area contributed by atoms with Gasteiger partial charge in [-0.15, -0.1) is 11.3 Å². The first-order chi connectivity index (χ1) is 14.4. The van der Waals surface area contributed by atoms with Crippen molar-refractivity contribution in [3.8, 4) is 5.69 Å². The lowest BCUT2D eigenvalue weighted by molar-refractivity contribution is -0.113. The summed E-state index contributed by atoms with van der Waals surface area (Å²) in [5.41, 5.74) is 4.05. The number of thiophene rings is 1. The zero-order valence-corrected chi connectivity index (χ0v) is 18.7. The Kier molecular flexibility index (Phi) is 5.94. The van der Waals surface area contributed by atoms with E-state index >= 15 is 0 Å². The van der Waals surface area contributed by atoms with Gasteiger partial charge in [0.05, 0.1) is 17.0 Å². The number of nitrogens with one attached hydrogen (secondary N) is 1. The number of amides is 1. The molecule has 2 aromatic carbocycles. The number of aryl methyl sites for hydroxylation is 2. The van der Waals surface area contributed by atoms with Gasteiger partial charge in [0.2, 0.25) is 5.91 Å². The van der Waals surface area contributed by atoms with Crippen LogP contribution in [0.25, 0.3) is 15.9 Å². The van der Waals surface area contributed by atoms with Crippen molar-refractivity contribution in [2.45, 2.75) is 19.0 Å². The monoisotopic (exact) mass is 455 g/mol. The van der Waals surface area contributed by atoms with Crippen LogP contribution >= 0.6 is 34.7 Å². The summed E-state index contributed by atoms with van der Waals surface area (Å²) in [6, 6.07) is 14.7. The Morgan fingerprint density at radius 1 is 1.13 bits per heavy atom. The quantitative estimate of drug-likeness (QED) is 0.321. The number of rotatable bonds is 5. The highest BCUT2D eigenvalue weighted by Gasteiger charge is 2.16.